The van der Waals surface area contributed by atoms with Crippen molar-refractivity contribution in [2.45, 2.75) is 0 Å². The van der Waals surface area contributed by atoms with E-state index in [-0.39, 0.29) is 0 Å². The molecule has 1 aromatic heterocycles. The van der Waals surface area contributed by atoms with Crippen LogP contribution in [0.25, 0.3) is 60.2 Å². The van der Waals surface area contributed by atoms with Gasteiger partial charge in [0.2, 0.25) is 0 Å². The maximum Gasteiger partial charge on any atom is 0.0541 e. The Kier molecular flexibility index (Phi) is 6.65. The van der Waals surface area contributed by atoms with Gasteiger partial charge >= 0.3 is 0 Å². The monoisotopic (exact) mass is 664 g/mol. The second-order valence-electron chi connectivity index (χ2n) is 12.0. The van der Waals surface area contributed by atoms with Gasteiger partial charge in [0.05, 0.1) is 11.0 Å². The molecule has 0 radical (unpaired) electrons. The number of hydrogen-bond acceptors (Lipinski definition) is 1. The van der Waals surface area contributed by atoms with Crippen LogP contribution in [0.15, 0.2) is 180 Å². The van der Waals surface area contributed by atoms with E-state index in [1.54, 1.807) is 0 Å². The van der Waals surface area contributed by atoms with E-state index >= 15 is 0 Å². The van der Waals surface area contributed by atoms with Crippen molar-refractivity contribution < 1.29 is 0 Å². The van der Waals surface area contributed by atoms with E-state index in [0.29, 0.717) is 0 Å². The number of benzene rings is 8. The first-order chi connectivity index (χ1) is 23.2. The number of fused-ring (bicyclic) bond motifs is 5. The summed E-state index contributed by atoms with van der Waals surface area (Å²) in [6, 6.07) is 63.5. The molecule has 9 rings (SSSR count). The van der Waals surface area contributed by atoms with E-state index in [9.17, 15) is 0 Å². The molecule has 0 saturated heterocycles. The molecule has 0 aliphatic carbocycles. The van der Waals surface area contributed by atoms with Crippen molar-refractivity contribution in [2.75, 3.05) is 4.90 Å². The molecule has 0 unspecified atom stereocenters. The van der Waals surface area contributed by atoms with Crippen LogP contribution in [-0.4, -0.2) is 4.57 Å². The second kappa shape index (κ2) is 11.3. The molecule has 8 aromatic carbocycles. The zero-order chi connectivity index (χ0) is 31.3. The van der Waals surface area contributed by atoms with E-state index in [1.165, 1.54) is 43.4 Å². The van der Waals surface area contributed by atoms with Crippen LogP contribution in [0.2, 0.25) is 0 Å². The van der Waals surface area contributed by atoms with Crippen LogP contribution in [0, 0.1) is 0 Å². The minimum atomic E-state index is 1.04. The molecule has 0 saturated carbocycles. The predicted octanol–water partition coefficient (Wildman–Crippen LogP) is 13.0. The van der Waals surface area contributed by atoms with Crippen LogP contribution in [0.3, 0.4) is 0 Å². The Bertz CT molecular complexity index is 2480. The minimum absolute atomic E-state index is 1.04. The summed E-state index contributed by atoms with van der Waals surface area (Å²) in [6.07, 6.45) is 0. The smallest absolute Gasteiger partial charge is 0.0541 e. The lowest BCUT2D eigenvalue weighted by atomic mass is 10.0. The Morgan fingerprint density at radius 3 is 1.53 bits per heavy atom. The van der Waals surface area contributed by atoms with Gasteiger partial charge in [-0.25, -0.2) is 0 Å². The van der Waals surface area contributed by atoms with E-state index in [1.807, 2.05) is 0 Å². The van der Waals surface area contributed by atoms with Gasteiger partial charge in [-0.2, -0.15) is 0 Å². The topological polar surface area (TPSA) is 8.17 Å². The molecule has 9 aromatic rings. The number of nitrogens with zero attached hydrogens (tertiary/aromatic N) is 2. The van der Waals surface area contributed by atoms with Gasteiger partial charge in [-0.1, -0.05) is 125 Å². The Labute approximate surface area is 281 Å². The highest BCUT2D eigenvalue weighted by molar-refractivity contribution is 9.10. The average molecular weight is 666 g/mol. The van der Waals surface area contributed by atoms with Gasteiger partial charge < -0.3 is 9.47 Å². The molecule has 2 nitrogen and oxygen atoms in total. The van der Waals surface area contributed by atoms with Crippen LogP contribution < -0.4 is 4.90 Å². The lowest BCUT2D eigenvalue weighted by molar-refractivity contribution is 1.18. The third-order valence-electron chi connectivity index (χ3n) is 9.14. The summed E-state index contributed by atoms with van der Waals surface area (Å²) in [5.41, 5.74) is 9.17. The molecule has 0 N–H and O–H groups in total. The number of hydrogen-bond donors (Lipinski definition) is 0. The highest BCUT2D eigenvalue weighted by Crippen LogP contribution is 2.40. The molecule has 0 fully saturated rings. The third-order valence-corrected chi connectivity index (χ3v) is 9.60. The molecule has 222 valence electrons. The number of aromatic nitrogens is 1. The van der Waals surface area contributed by atoms with Crippen molar-refractivity contribution in [3.8, 4) is 16.8 Å². The summed E-state index contributed by atoms with van der Waals surface area (Å²) in [5.74, 6) is 0. The molecule has 47 heavy (non-hydrogen) atoms. The molecule has 1 heterocycles. The second-order valence-corrected chi connectivity index (χ2v) is 12.9. The highest BCUT2D eigenvalue weighted by Gasteiger charge is 2.17. The van der Waals surface area contributed by atoms with Gasteiger partial charge in [0.15, 0.2) is 0 Å². The van der Waals surface area contributed by atoms with Crippen LogP contribution in [0.4, 0.5) is 17.1 Å². The molecule has 0 spiro atoms. The number of anilines is 3. The van der Waals surface area contributed by atoms with Gasteiger partial charge in [-0.05, 0) is 99.4 Å². The minimum Gasteiger partial charge on any atom is -0.310 e. The molecule has 3 heteroatoms. The SMILES string of the molecule is Brc1cc(-c2cccc(N(c3ccc4ccccc4c3)c3ccc4ccccc4c3)c2)cc(-n2c3ccccc3c3ccccc32)c1. The number of rotatable bonds is 5. The van der Waals surface area contributed by atoms with Gasteiger partial charge in [0, 0.05) is 38.0 Å². The molecule has 0 aliphatic rings. The lowest BCUT2D eigenvalue weighted by Crippen LogP contribution is -2.10. The summed E-state index contributed by atoms with van der Waals surface area (Å²) in [4.78, 5) is 2.37. The van der Waals surface area contributed by atoms with Crippen molar-refractivity contribution in [1.29, 1.82) is 0 Å². The summed E-state index contributed by atoms with van der Waals surface area (Å²) in [7, 11) is 0. The standard InChI is InChI=1S/C44H29BrN2/c45-36-24-35(28-40(29-36)47-43-18-7-5-16-41(43)42-17-6-8-19-44(42)47)34-14-9-15-37(27-34)46(38-22-20-30-10-1-3-12-32(30)25-38)39-23-21-31-11-2-4-13-33(31)26-39/h1-29H. The Morgan fingerprint density at radius 1 is 0.383 bits per heavy atom. The average Bonchev–Trinajstić information content (AvgIpc) is 3.46. The fourth-order valence-electron chi connectivity index (χ4n) is 6.97. The fourth-order valence-corrected chi connectivity index (χ4v) is 7.46. The summed E-state index contributed by atoms with van der Waals surface area (Å²) < 4.78 is 3.41. The van der Waals surface area contributed by atoms with Gasteiger partial charge in [0.1, 0.15) is 0 Å². The van der Waals surface area contributed by atoms with Crippen LogP contribution in [0.5, 0.6) is 0 Å². The van der Waals surface area contributed by atoms with E-state index in [0.717, 1.165) is 38.3 Å². The maximum atomic E-state index is 3.87. The molecule has 0 atom stereocenters. The first-order valence-corrected chi connectivity index (χ1v) is 16.7. The van der Waals surface area contributed by atoms with Gasteiger partial charge in [-0.3, -0.25) is 0 Å². The first-order valence-electron chi connectivity index (χ1n) is 15.9. The molecule has 0 bridgehead atoms. The van der Waals surface area contributed by atoms with Crippen molar-refractivity contribution in [1.82, 2.24) is 4.57 Å². The predicted molar refractivity (Wildman–Crippen MR) is 204 cm³/mol. The summed E-state index contributed by atoms with van der Waals surface area (Å²) in [5, 5.41) is 7.41. The summed E-state index contributed by atoms with van der Waals surface area (Å²) in [6.45, 7) is 0. The number of para-hydroxylation sites is 2. The lowest BCUT2D eigenvalue weighted by Gasteiger charge is -2.27. The Hall–Kier alpha value is -5.64. The zero-order valence-electron chi connectivity index (χ0n) is 25.5. The van der Waals surface area contributed by atoms with Crippen molar-refractivity contribution in [3.05, 3.63) is 180 Å². The first kappa shape index (κ1) is 27.7. The molecule has 0 amide bonds. The van der Waals surface area contributed by atoms with Gasteiger partial charge in [0.25, 0.3) is 0 Å². The van der Waals surface area contributed by atoms with Crippen LogP contribution >= 0.6 is 15.9 Å². The highest BCUT2D eigenvalue weighted by atomic mass is 79.9. The van der Waals surface area contributed by atoms with E-state index < -0.39 is 0 Å². The van der Waals surface area contributed by atoms with Crippen molar-refractivity contribution in [3.63, 3.8) is 0 Å². The van der Waals surface area contributed by atoms with Gasteiger partial charge in [-0.15, -0.1) is 0 Å². The molecular formula is C44H29BrN2. The third kappa shape index (κ3) is 4.88. The largest absolute Gasteiger partial charge is 0.310 e. The van der Waals surface area contributed by atoms with Crippen LogP contribution in [-0.2, 0) is 0 Å². The quantitative estimate of drug-likeness (QED) is 0.178. The fraction of sp³-hybridized carbons (Fsp3) is 0. The normalized spacial score (nSPS) is 11.5. The van der Waals surface area contributed by atoms with E-state index in [4.69, 9.17) is 0 Å². The van der Waals surface area contributed by atoms with E-state index in [2.05, 4.69) is 201 Å². The Balaban J connectivity index is 1.21. The van der Waals surface area contributed by atoms with Crippen molar-refractivity contribution in [2.24, 2.45) is 0 Å². The van der Waals surface area contributed by atoms with Crippen LogP contribution in [0.1, 0.15) is 0 Å². The van der Waals surface area contributed by atoms with Crippen molar-refractivity contribution >= 4 is 76.3 Å². The number of halogens is 1. The zero-order valence-corrected chi connectivity index (χ0v) is 27.1. The maximum absolute atomic E-state index is 3.87. The Morgan fingerprint density at radius 2 is 0.915 bits per heavy atom. The molecular weight excluding hydrogens is 636 g/mol. The summed E-state index contributed by atoms with van der Waals surface area (Å²) >= 11 is 3.87. The molecule has 0 aliphatic heterocycles.